The van der Waals surface area contributed by atoms with Gasteiger partial charge in [0.1, 0.15) is 10.7 Å². The molecule has 0 aliphatic heterocycles. The number of nitrogens with zero attached hydrogens (tertiary/aromatic N) is 1. The van der Waals surface area contributed by atoms with E-state index < -0.39 is 10.0 Å². The Balaban J connectivity index is 2.99. The van der Waals surface area contributed by atoms with Crippen molar-refractivity contribution in [1.82, 2.24) is 9.71 Å². The van der Waals surface area contributed by atoms with Gasteiger partial charge in [0.2, 0.25) is 10.0 Å². The van der Waals surface area contributed by atoms with Crippen molar-refractivity contribution in [3.05, 3.63) is 16.7 Å². The molecule has 0 radical (unpaired) electrons. The molecule has 5 nitrogen and oxygen atoms in total. The van der Waals surface area contributed by atoms with Crippen LogP contribution in [0, 0.1) is 17.8 Å². The summed E-state index contributed by atoms with van der Waals surface area (Å²) in [5.41, 5.74) is 0. The Hall–Kier alpha value is -0.660. The number of nitrogens with one attached hydrogen (secondary N) is 2. The van der Waals surface area contributed by atoms with Crippen molar-refractivity contribution in [3.8, 4) is 0 Å². The average molecular weight is 378 g/mol. The van der Waals surface area contributed by atoms with E-state index in [2.05, 4.69) is 58.6 Å². The van der Waals surface area contributed by atoms with Crippen LogP contribution >= 0.6 is 15.9 Å². The average Bonchev–Trinajstić information content (AvgIpc) is 2.37. The second-order valence-corrected chi connectivity index (χ2v) is 8.41. The summed E-state index contributed by atoms with van der Waals surface area (Å²) in [6.07, 6.45) is 1.57. The number of pyridine rings is 1. The summed E-state index contributed by atoms with van der Waals surface area (Å²) in [5, 5.41) is 2.81. The first-order valence-electron chi connectivity index (χ1n) is 7.02. The number of aromatic nitrogens is 1. The third kappa shape index (κ3) is 4.93. The fourth-order valence-corrected chi connectivity index (χ4v) is 4.08. The van der Waals surface area contributed by atoms with Crippen LogP contribution in [0.25, 0.3) is 0 Å². The van der Waals surface area contributed by atoms with E-state index in [0.717, 1.165) is 0 Å². The van der Waals surface area contributed by atoms with Gasteiger partial charge in [-0.3, -0.25) is 0 Å². The fraction of sp³-hybridized carbons (Fsp3) is 0.643. The lowest BCUT2D eigenvalue weighted by atomic mass is 9.86. The van der Waals surface area contributed by atoms with Crippen molar-refractivity contribution in [2.24, 2.45) is 17.8 Å². The maximum Gasteiger partial charge on any atom is 0.244 e. The SMILES string of the molecule is CNc1ncc(Br)cc1S(=O)(=O)NCC(C(C)C)C(C)C. The summed E-state index contributed by atoms with van der Waals surface area (Å²) in [4.78, 5) is 4.24. The molecule has 1 aromatic heterocycles. The lowest BCUT2D eigenvalue weighted by Crippen LogP contribution is -2.34. The van der Waals surface area contributed by atoms with Gasteiger partial charge in [-0.15, -0.1) is 0 Å². The van der Waals surface area contributed by atoms with Crippen molar-refractivity contribution in [2.75, 3.05) is 18.9 Å². The van der Waals surface area contributed by atoms with Gasteiger partial charge in [-0.1, -0.05) is 27.7 Å². The molecule has 21 heavy (non-hydrogen) atoms. The topological polar surface area (TPSA) is 71.1 Å². The van der Waals surface area contributed by atoms with Gasteiger partial charge in [0.05, 0.1) is 0 Å². The van der Waals surface area contributed by atoms with Gasteiger partial charge in [0, 0.05) is 24.3 Å². The molecule has 1 rings (SSSR count). The first-order chi connectivity index (χ1) is 9.69. The van der Waals surface area contributed by atoms with Gasteiger partial charge >= 0.3 is 0 Å². The van der Waals surface area contributed by atoms with E-state index in [-0.39, 0.29) is 10.8 Å². The maximum absolute atomic E-state index is 12.5. The normalized spacial score (nSPS) is 12.4. The largest absolute Gasteiger partial charge is 0.372 e. The van der Waals surface area contributed by atoms with Crippen molar-refractivity contribution >= 4 is 31.8 Å². The molecule has 0 fully saturated rings. The van der Waals surface area contributed by atoms with Gasteiger partial charge in [0.15, 0.2) is 0 Å². The Morgan fingerprint density at radius 1 is 1.24 bits per heavy atom. The molecule has 0 aromatic carbocycles. The molecule has 0 unspecified atom stereocenters. The lowest BCUT2D eigenvalue weighted by Gasteiger charge is -2.25. The van der Waals surface area contributed by atoms with Crippen LogP contribution in [-0.2, 0) is 10.0 Å². The van der Waals surface area contributed by atoms with Crippen LogP contribution in [0.3, 0.4) is 0 Å². The molecule has 0 amide bonds. The zero-order valence-corrected chi connectivity index (χ0v) is 15.5. The van der Waals surface area contributed by atoms with Crippen LogP contribution in [-0.4, -0.2) is 27.0 Å². The highest BCUT2D eigenvalue weighted by Crippen LogP contribution is 2.24. The first kappa shape index (κ1) is 18.4. The summed E-state index contributed by atoms with van der Waals surface area (Å²) < 4.78 is 28.3. The van der Waals surface area contributed by atoms with Crippen molar-refractivity contribution < 1.29 is 8.42 Å². The smallest absolute Gasteiger partial charge is 0.244 e. The summed E-state index contributed by atoms with van der Waals surface area (Å²) >= 11 is 3.26. The van der Waals surface area contributed by atoms with Gasteiger partial charge in [-0.25, -0.2) is 18.1 Å². The molecule has 2 N–H and O–H groups in total. The van der Waals surface area contributed by atoms with Crippen LogP contribution < -0.4 is 10.0 Å². The minimum atomic E-state index is -3.59. The van der Waals surface area contributed by atoms with E-state index in [0.29, 0.717) is 28.7 Å². The Morgan fingerprint density at radius 3 is 2.29 bits per heavy atom. The molecule has 0 saturated carbocycles. The lowest BCUT2D eigenvalue weighted by molar-refractivity contribution is 0.289. The molecule has 1 aromatic rings. The van der Waals surface area contributed by atoms with E-state index in [4.69, 9.17) is 0 Å². The number of hydrogen-bond donors (Lipinski definition) is 2. The molecular weight excluding hydrogens is 354 g/mol. The highest BCUT2D eigenvalue weighted by molar-refractivity contribution is 9.10. The summed E-state index contributed by atoms with van der Waals surface area (Å²) in [6.45, 7) is 8.86. The Bertz CT molecular complexity index is 566. The van der Waals surface area contributed by atoms with Crippen LogP contribution in [0.2, 0.25) is 0 Å². The molecule has 0 spiro atoms. The predicted molar refractivity (Wildman–Crippen MR) is 89.8 cm³/mol. The highest BCUT2D eigenvalue weighted by Gasteiger charge is 2.24. The van der Waals surface area contributed by atoms with Gasteiger partial charge < -0.3 is 5.32 Å². The molecule has 120 valence electrons. The number of rotatable bonds is 7. The summed E-state index contributed by atoms with van der Waals surface area (Å²) in [5.74, 6) is 1.46. The van der Waals surface area contributed by atoms with Crippen LogP contribution in [0.4, 0.5) is 5.82 Å². The molecule has 7 heteroatoms. The second kappa shape index (κ2) is 7.56. The van der Waals surface area contributed by atoms with Gasteiger partial charge in [-0.05, 0) is 39.8 Å². The molecule has 0 bridgehead atoms. The Kier molecular flexibility index (Phi) is 6.62. The molecule has 0 atom stereocenters. The van der Waals surface area contributed by atoms with Crippen LogP contribution in [0.5, 0.6) is 0 Å². The number of anilines is 1. The number of hydrogen-bond acceptors (Lipinski definition) is 4. The van der Waals surface area contributed by atoms with Crippen molar-refractivity contribution in [2.45, 2.75) is 32.6 Å². The standard InChI is InChI=1S/C14H24BrN3O2S/c1-9(2)12(10(3)4)8-18-21(19,20)13-6-11(15)7-17-14(13)16-5/h6-7,9-10,12,18H,8H2,1-5H3,(H,16,17). The minimum Gasteiger partial charge on any atom is -0.372 e. The van der Waals surface area contributed by atoms with Crippen molar-refractivity contribution in [3.63, 3.8) is 0 Å². The van der Waals surface area contributed by atoms with E-state index in [1.54, 1.807) is 19.3 Å². The van der Waals surface area contributed by atoms with E-state index in [9.17, 15) is 8.42 Å². The predicted octanol–water partition coefficient (Wildman–Crippen LogP) is 3.09. The molecular formula is C14H24BrN3O2S. The van der Waals surface area contributed by atoms with E-state index in [1.807, 2.05) is 0 Å². The van der Waals surface area contributed by atoms with E-state index in [1.165, 1.54) is 0 Å². The highest BCUT2D eigenvalue weighted by atomic mass is 79.9. The van der Waals surface area contributed by atoms with Crippen molar-refractivity contribution in [1.29, 1.82) is 0 Å². The number of halogens is 1. The third-order valence-corrected chi connectivity index (χ3v) is 5.44. The summed E-state index contributed by atoms with van der Waals surface area (Å²) in [7, 11) is -1.94. The second-order valence-electron chi connectivity index (χ2n) is 5.75. The van der Waals surface area contributed by atoms with E-state index >= 15 is 0 Å². The van der Waals surface area contributed by atoms with Crippen LogP contribution in [0.1, 0.15) is 27.7 Å². The molecule has 0 aliphatic carbocycles. The molecule has 1 heterocycles. The maximum atomic E-state index is 12.5. The minimum absolute atomic E-state index is 0.158. The zero-order chi connectivity index (χ0) is 16.2. The third-order valence-electron chi connectivity index (χ3n) is 3.57. The Morgan fingerprint density at radius 2 is 1.81 bits per heavy atom. The Labute approximate surface area is 136 Å². The molecule has 0 aliphatic rings. The fourth-order valence-electron chi connectivity index (χ4n) is 2.34. The van der Waals surface area contributed by atoms with Crippen LogP contribution in [0.15, 0.2) is 21.6 Å². The monoisotopic (exact) mass is 377 g/mol. The number of sulfonamides is 1. The quantitative estimate of drug-likeness (QED) is 0.765. The van der Waals surface area contributed by atoms with Gasteiger partial charge in [-0.2, -0.15) is 0 Å². The first-order valence-corrected chi connectivity index (χ1v) is 9.29. The summed E-state index contributed by atoms with van der Waals surface area (Å²) in [6, 6.07) is 1.56. The zero-order valence-electron chi connectivity index (χ0n) is 13.1. The van der Waals surface area contributed by atoms with Gasteiger partial charge in [0.25, 0.3) is 0 Å². The molecule has 0 saturated heterocycles.